The number of hydrogen-bond acceptors (Lipinski definition) is 6. The van der Waals surface area contributed by atoms with Gasteiger partial charge in [-0.3, -0.25) is 14.4 Å². The zero-order valence-corrected chi connectivity index (χ0v) is 24.5. The number of nitrogens with zero attached hydrogens (tertiary/aromatic N) is 2. The zero-order valence-electron chi connectivity index (χ0n) is 24.5. The van der Waals surface area contributed by atoms with Crippen LogP contribution in [0.4, 0.5) is 4.79 Å². The molecule has 5 amide bonds. The maximum absolute atomic E-state index is 13.8. The molecule has 2 aliphatic heterocycles. The highest BCUT2D eigenvalue weighted by Gasteiger charge is 2.47. The standard InChI is InChI=1S/C32H42N4O6/c1-23(2)19-20-28(37)35(36-31(39)26(33-32(36)40)22-25-14-7-4-8-15-25)27(17-11-16-24-12-5-3-6-13-24)30(38)34-42-29-18-9-10-21-41-29/h3-8,12-15,23,26-27,29H,9-11,16-22H2,1-2H3,(H,33,40)(H,34,38)/t26-,27-,29+/m0/s1. The van der Waals surface area contributed by atoms with Gasteiger partial charge < -0.3 is 10.1 Å². The van der Waals surface area contributed by atoms with Crippen molar-refractivity contribution in [2.75, 3.05) is 6.61 Å². The fourth-order valence-corrected chi connectivity index (χ4v) is 5.17. The van der Waals surface area contributed by atoms with Gasteiger partial charge in [0.1, 0.15) is 12.1 Å². The van der Waals surface area contributed by atoms with Crippen LogP contribution < -0.4 is 10.8 Å². The van der Waals surface area contributed by atoms with E-state index in [9.17, 15) is 19.2 Å². The lowest BCUT2D eigenvalue weighted by atomic mass is 10.0. The van der Waals surface area contributed by atoms with Gasteiger partial charge in [0.25, 0.3) is 11.8 Å². The summed E-state index contributed by atoms with van der Waals surface area (Å²) in [7, 11) is 0. The second-order valence-corrected chi connectivity index (χ2v) is 11.3. The van der Waals surface area contributed by atoms with Crippen molar-refractivity contribution in [2.24, 2.45) is 5.92 Å². The van der Waals surface area contributed by atoms with E-state index < -0.39 is 42.1 Å². The SMILES string of the molecule is CC(C)CCC(=O)N([C@@H](CCCc1ccccc1)C(=O)NO[C@@H]1CCCCO1)N1C(=O)N[C@@H](Cc2ccccc2)C1=O. The van der Waals surface area contributed by atoms with Gasteiger partial charge in [-0.05, 0) is 55.6 Å². The van der Waals surface area contributed by atoms with Crippen molar-refractivity contribution < 1.29 is 28.8 Å². The van der Waals surface area contributed by atoms with E-state index >= 15 is 0 Å². The Hall–Kier alpha value is -3.76. The Morgan fingerprint density at radius 2 is 1.71 bits per heavy atom. The first kappa shape index (κ1) is 31.2. The molecule has 0 radical (unpaired) electrons. The molecule has 0 unspecified atom stereocenters. The molecular weight excluding hydrogens is 536 g/mol. The molecule has 0 bridgehead atoms. The molecule has 2 aromatic carbocycles. The highest BCUT2D eigenvalue weighted by Crippen LogP contribution is 2.23. The van der Waals surface area contributed by atoms with Crippen LogP contribution >= 0.6 is 0 Å². The van der Waals surface area contributed by atoms with Crippen molar-refractivity contribution >= 4 is 23.8 Å². The van der Waals surface area contributed by atoms with Crippen LogP contribution in [0, 0.1) is 5.92 Å². The van der Waals surface area contributed by atoms with Gasteiger partial charge in [-0.2, -0.15) is 5.01 Å². The van der Waals surface area contributed by atoms with E-state index in [-0.39, 0.29) is 25.2 Å². The predicted molar refractivity (Wildman–Crippen MR) is 156 cm³/mol. The van der Waals surface area contributed by atoms with Crippen LogP contribution in [0.2, 0.25) is 0 Å². The average molecular weight is 579 g/mol. The number of aryl methyl sites for hydroxylation is 1. The van der Waals surface area contributed by atoms with Crippen LogP contribution in [-0.4, -0.2) is 58.8 Å². The van der Waals surface area contributed by atoms with Crippen LogP contribution in [0.3, 0.4) is 0 Å². The number of amides is 5. The minimum Gasteiger partial charge on any atom is -0.350 e. The summed E-state index contributed by atoms with van der Waals surface area (Å²) in [6.07, 6.45) is 4.15. The topological polar surface area (TPSA) is 117 Å². The van der Waals surface area contributed by atoms with Crippen LogP contribution in [-0.2, 0) is 36.8 Å². The summed E-state index contributed by atoms with van der Waals surface area (Å²) in [6, 6.07) is 16.4. The molecule has 2 fully saturated rings. The van der Waals surface area contributed by atoms with E-state index in [4.69, 9.17) is 9.57 Å². The Balaban J connectivity index is 1.58. The molecule has 42 heavy (non-hydrogen) atoms. The molecule has 3 atom stereocenters. The monoisotopic (exact) mass is 578 g/mol. The smallest absolute Gasteiger partial charge is 0.344 e. The molecule has 2 saturated heterocycles. The summed E-state index contributed by atoms with van der Waals surface area (Å²) in [5, 5.41) is 4.62. The fourth-order valence-electron chi connectivity index (χ4n) is 5.17. The van der Waals surface area contributed by atoms with Crippen molar-refractivity contribution in [1.82, 2.24) is 20.8 Å². The molecule has 0 aliphatic carbocycles. The molecule has 2 aliphatic rings. The average Bonchev–Trinajstić information content (AvgIpc) is 3.27. The van der Waals surface area contributed by atoms with Gasteiger partial charge in [0.15, 0.2) is 6.29 Å². The first-order chi connectivity index (χ1) is 20.3. The van der Waals surface area contributed by atoms with Crippen LogP contribution in [0.5, 0.6) is 0 Å². The first-order valence-electron chi connectivity index (χ1n) is 14.9. The highest BCUT2D eigenvalue weighted by atomic mass is 16.8. The Bertz CT molecular complexity index is 1190. The lowest BCUT2D eigenvalue weighted by Gasteiger charge is -2.36. The minimum absolute atomic E-state index is 0.0765. The van der Waals surface area contributed by atoms with Gasteiger partial charge in [0, 0.05) is 25.9 Å². The molecule has 0 aromatic heterocycles. The fraction of sp³-hybridized carbons (Fsp3) is 0.500. The third-order valence-electron chi connectivity index (χ3n) is 7.50. The summed E-state index contributed by atoms with van der Waals surface area (Å²) in [5.74, 6) is -1.44. The molecule has 2 aromatic rings. The second kappa shape index (κ2) is 15.5. The molecule has 2 N–H and O–H groups in total. The molecule has 4 rings (SSSR count). The summed E-state index contributed by atoms with van der Waals surface area (Å²) in [4.78, 5) is 60.1. The zero-order chi connectivity index (χ0) is 29.9. The number of nitrogens with one attached hydrogen (secondary N) is 2. The maximum atomic E-state index is 13.8. The molecule has 226 valence electrons. The first-order valence-corrected chi connectivity index (χ1v) is 14.9. The number of benzene rings is 2. The molecule has 0 spiro atoms. The van der Waals surface area contributed by atoms with E-state index in [1.165, 1.54) is 0 Å². The Labute approximate surface area is 247 Å². The number of hydroxylamine groups is 1. The van der Waals surface area contributed by atoms with E-state index in [1.807, 2.05) is 74.5 Å². The lowest BCUT2D eigenvalue weighted by molar-refractivity contribution is -0.204. The number of imide groups is 1. The number of hydrazine groups is 1. The number of rotatable bonds is 14. The Morgan fingerprint density at radius 1 is 1.02 bits per heavy atom. The maximum Gasteiger partial charge on any atom is 0.344 e. The number of carbonyl (C=O) groups is 4. The number of ether oxygens (including phenoxy) is 1. The van der Waals surface area contributed by atoms with Crippen molar-refractivity contribution in [1.29, 1.82) is 0 Å². The van der Waals surface area contributed by atoms with Gasteiger partial charge in [-0.1, -0.05) is 74.5 Å². The normalized spacial score (nSPS) is 19.5. The molecule has 10 nitrogen and oxygen atoms in total. The van der Waals surface area contributed by atoms with Crippen molar-refractivity contribution in [3.63, 3.8) is 0 Å². The van der Waals surface area contributed by atoms with Crippen LogP contribution in [0.15, 0.2) is 60.7 Å². The predicted octanol–water partition coefficient (Wildman–Crippen LogP) is 4.30. The van der Waals surface area contributed by atoms with Gasteiger partial charge in [0.05, 0.1) is 0 Å². The molecule has 2 heterocycles. The van der Waals surface area contributed by atoms with Crippen molar-refractivity contribution in [2.45, 2.75) is 90.0 Å². The second-order valence-electron chi connectivity index (χ2n) is 11.3. The molecular formula is C32H42N4O6. The van der Waals surface area contributed by atoms with Crippen LogP contribution in [0.25, 0.3) is 0 Å². The van der Waals surface area contributed by atoms with Crippen LogP contribution in [0.1, 0.15) is 69.9 Å². The summed E-state index contributed by atoms with van der Waals surface area (Å²) in [5.41, 5.74) is 4.43. The van der Waals surface area contributed by atoms with E-state index in [0.29, 0.717) is 32.3 Å². The molecule has 0 saturated carbocycles. The molecule has 10 heteroatoms. The Morgan fingerprint density at radius 3 is 2.36 bits per heavy atom. The number of hydrogen-bond donors (Lipinski definition) is 2. The minimum atomic E-state index is -1.15. The van der Waals surface area contributed by atoms with Crippen molar-refractivity contribution in [3.05, 3.63) is 71.8 Å². The van der Waals surface area contributed by atoms with Gasteiger partial charge in [-0.25, -0.2) is 20.1 Å². The number of urea groups is 1. The lowest BCUT2D eigenvalue weighted by Crippen LogP contribution is -2.59. The Kier molecular flexibility index (Phi) is 11.5. The van der Waals surface area contributed by atoms with E-state index in [0.717, 1.165) is 34.0 Å². The van der Waals surface area contributed by atoms with Gasteiger partial charge in [-0.15, -0.1) is 0 Å². The third-order valence-corrected chi connectivity index (χ3v) is 7.50. The summed E-state index contributed by atoms with van der Waals surface area (Å²) in [6.45, 7) is 4.51. The quantitative estimate of drug-likeness (QED) is 0.255. The summed E-state index contributed by atoms with van der Waals surface area (Å²) >= 11 is 0. The number of carbonyl (C=O) groups excluding carboxylic acids is 4. The van der Waals surface area contributed by atoms with E-state index in [2.05, 4.69) is 10.8 Å². The van der Waals surface area contributed by atoms with E-state index in [1.54, 1.807) is 0 Å². The van der Waals surface area contributed by atoms with Crippen molar-refractivity contribution in [3.8, 4) is 0 Å². The van der Waals surface area contributed by atoms with Gasteiger partial charge >= 0.3 is 6.03 Å². The summed E-state index contributed by atoms with van der Waals surface area (Å²) < 4.78 is 5.58. The highest BCUT2D eigenvalue weighted by molar-refractivity contribution is 6.06. The largest absolute Gasteiger partial charge is 0.350 e. The van der Waals surface area contributed by atoms with Gasteiger partial charge in [0.2, 0.25) is 5.91 Å². The third kappa shape index (κ3) is 8.62.